The van der Waals surface area contributed by atoms with Crippen molar-refractivity contribution >= 4 is 17.3 Å². The largest absolute Gasteiger partial charge is 0.338 e. The Bertz CT molecular complexity index is 566. The molecule has 2 aromatic rings. The van der Waals surface area contributed by atoms with Crippen LogP contribution in [-0.2, 0) is 6.42 Å². The van der Waals surface area contributed by atoms with Gasteiger partial charge in [0, 0.05) is 12.5 Å². The van der Waals surface area contributed by atoms with Gasteiger partial charge < -0.3 is 10.7 Å². The molecule has 100 valence electrons. The molecule has 5 nitrogen and oxygen atoms in total. The molecule has 0 saturated heterocycles. The minimum atomic E-state index is -0.957. The van der Waals surface area contributed by atoms with Crippen molar-refractivity contribution in [3.63, 3.8) is 0 Å². The Morgan fingerprint density at radius 1 is 1.21 bits per heavy atom. The fourth-order valence-corrected chi connectivity index (χ4v) is 1.53. The van der Waals surface area contributed by atoms with Gasteiger partial charge in [-0.1, -0.05) is 13.0 Å². The number of benzene rings is 1. The molecule has 0 radical (unpaired) electrons. The van der Waals surface area contributed by atoms with Crippen LogP contribution in [0, 0.1) is 11.6 Å². The maximum atomic E-state index is 13.5. The molecule has 0 amide bonds. The van der Waals surface area contributed by atoms with Crippen LogP contribution in [0.15, 0.2) is 24.3 Å². The predicted molar refractivity (Wildman–Crippen MR) is 68.9 cm³/mol. The molecule has 0 aliphatic heterocycles. The van der Waals surface area contributed by atoms with Crippen molar-refractivity contribution in [3.8, 4) is 0 Å². The molecular weight excluding hydrogens is 252 g/mol. The highest BCUT2D eigenvalue weighted by atomic mass is 19.2. The number of nitrogens with zero attached hydrogens (tertiary/aromatic N) is 2. The second-order valence-corrected chi connectivity index (χ2v) is 3.78. The Labute approximate surface area is 108 Å². The van der Waals surface area contributed by atoms with E-state index in [1.54, 1.807) is 0 Å². The average molecular weight is 265 g/mol. The van der Waals surface area contributed by atoms with E-state index in [1.807, 2.05) is 6.92 Å². The molecule has 2 rings (SSSR count). The summed E-state index contributed by atoms with van der Waals surface area (Å²) in [5, 5.41) is 2.70. The third-order valence-electron chi connectivity index (χ3n) is 2.45. The molecule has 0 aliphatic rings. The lowest BCUT2D eigenvalue weighted by Gasteiger charge is -2.10. The van der Waals surface area contributed by atoms with Gasteiger partial charge in [0.2, 0.25) is 0 Å². The summed E-state index contributed by atoms with van der Waals surface area (Å²) >= 11 is 0. The van der Waals surface area contributed by atoms with E-state index >= 15 is 0 Å². The van der Waals surface area contributed by atoms with E-state index in [0.717, 1.165) is 6.07 Å². The van der Waals surface area contributed by atoms with Crippen LogP contribution >= 0.6 is 0 Å². The van der Waals surface area contributed by atoms with E-state index in [9.17, 15) is 8.78 Å². The molecule has 1 aromatic heterocycles. The fourth-order valence-electron chi connectivity index (χ4n) is 1.53. The summed E-state index contributed by atoms with van der Waals surface area (Å²) in [4.78, 5) is 8.26. The monoisotopic (exact) mass is 265 g/mol. The zero-order chi connectivity index (χ0) is 13.8. The number of halogens is 2. The number of nitrogens with one attached hydrogen (secondary N) is 2. The highest BCUT2D eigenvalue weighted by molar-refractivity contribution is 5.59. The van der Waals surface area contributed by atoms with Crippen LogP contribution in [0.1, 0.15) is 12.7 Å². The minimum Gasteiger partial charge on any atom is -0.338 e. The van der Waals surface area contributed by atoms with Crippen molar-refractivity contribution in [2.24, 2.45) is 5.84 Å². The Morgan fingerprint density at radius 2 is 1.95 bits per heavy atom. The van der Waals surface area contributed by atoms with Crippen molar-refractivity contribution in [2.45, 2.75) is 13.3 Å². The van der Waals surface area contributed by atoms with Gasteiger partial charge in [0.15, 0.2) is 11.6 Å². The topological polar surface area (TPSA) is 75.9 Å². The number of rotatable bonds is 4. The number of aromatic nitrogens is 2. The molecule has 1 aromatic carbocycles. The average Bonchev–Trinajstić information content (AvgIpc) is 2.43. The third-order valence-corrected chi connectivity index (χ3v) is 2.45. The van der Waals surface area contributed by atoms with Gasteiger partial charge in [-0.3, -0.25) is 0 Å². The summed E-state index contributed by atoms with van der Waals surface area (Å²) in [7, 11) is 0. The van der Waals surface area contributed by atoms with Gasteiger partial charge in [-0.05, 0) is 12.1 Å². The number of nitrogens with two attached hydrogens (primary N) is 1. The van der Waals surface area contributed by atoms with Gasteiger partial charge in [0.1, 0.15) is 17.5 Å². The summed E-state index contributed by atoms with van der Waals surface area (Å²) in [6.45, 7) is 1.88. The fraction of sp³-hybridized carbons (Fsp3) is 0.167. The number of aryl methyl sites for hydroxylation is 1. The lowest BCUT2D eigenvalue weighted by molar-refractivity contribution is 0.511. The molecule has 0 spiro atoms. The van der Waals surface area contributed by atoms with Crippen LogP contribution in [0.4, 0.5) is 26.1 Å². The van der Waals surface area contributed by atoms with E-state index < -0.39 is 11.6 Å². The highest BCUT2D eigenvalue weighted by Crippen LogP contribution is 2.21. The van der Waals surface area contributed by atoms with E-state index in [2.05, 4.69) is 20.7 Å². The van der Waals surface area contributed by atoms with E-state index in [-0.39, 0.29) is 5.69 Å². The SMILES string of the molecule is CCc1nc(NN)cc(Nc2cccc(F)c2F)n1. The van der Waals surface area contributed by atoms with E-state index in [4.69, 9.17) is 5.84 Å². The van der Waals surface area contributed by atoms with Crippen molar-refractivity contribution in [1.82, 2.24) is 9.97 Å². The van der Waals surface area contributed by atoms with Crippen LogP contribution in [0.2, 0.25) is 0 Å². The number of hydrogen-bond donors (Lipinski definition) is 3. The first kappa shape index (κ1) is 13.2. The third kappa shape index (κ3) is 2.94. The van der Waals surface area contributed by atoms with Crippen molar-refractivity contribution in [3.05, 3.63) is 41.7 Å². The lowest BCUT2D eigenvalue weighted by atomic mass is 10.3. The summed E-state index contributed by atoms with van der Waals surface area (Å²) in [6.07, 6.45) is 0.593. The van der Waals surface area contributed by atoms with Crippen LogP contribution in [-0.4, -0.2) is 9.97 Å². The Balaban J connectivity index is 2.34. The van der Waals surface area contributed by atoms with Crippen molar-refractivity contribution in [2.75, 3.05) is 10.7 Å². The smallest absolute Gasteiger partial charge is 0.182 e. The molecule has 0 saturated carbocycles. The second kappa shape index (κ2) is 5.57. The maximum absolute atomic E-state index is 13.5. The van der Waals surface area contributed by atoms with Crippen LogP contribution in [0.5, 0.6) is 0 Å². The summed E-state index contributed by atoms with van der Waals surface area (Å²) < 4.78 is 26.6. The first-order valence-corrected chi connectivity index (χ1v) is 5.69. The highest BCUT2D eigenvalue weighted by Gasteiger charge is 2.09. The molecular formula is C12H13F2N5. The van der Waals surface area contributed by atoms with E-state index in [1.165, 1.54) is 18.2 Å². The Hall–Kier alpha value is -2.28. The molecule has 0 bridgehead atoms. The van der Waals surface area contributed by atoms with Gasteiger partial charge in [-0.2, -0.15) is 0 Å². The maximum Gasteiger partial charge on any atom is 0.182 e. The van der Waals surface area contributed by atoms with Gasteiger partial charge in [-0.15, -0.1) is 0 Å². The molecule has 0 aliphatic carbocycles. The first-order chi connectivity index (χ1) is 9.13. The number of hydrogen-bond acceptors (Lipinski definition) is 5. The Morgan fingerprint density at radius 3 is 2.63 bits per heavy atom. The zero-order valence-corrected chi connectivity index (χ0v) is 10.2. The molecule has 4 N–H and O–H groups in total. The molecule has 0 unspecified atom stereocenters. The van der Waals surface area contributed by atoms with Crippen LogP contribution in [0.3, 0.4) is 0 Å². The van der Waals surface area contributed by atoms with Gasteiger partial charge in [0.25, 0.3) is 0 Å². The molecule has 1 heterocycles. The molecule has 0 fully saturated rings. The lowest BCUT2D eigenvalue weighted by Crippen LogP contribution is -2.11. The van der Waals surface area contributed by atoms with Gasteiger partial charge >= 0.3 is 0 Å². The van der Waals surface area contributed by atoms with Gasteiger partial charge in [-0.25, -0.2) is 24.6 Å². The Kier molecular flexibility index (Phi) is 3.86. The quantitative estimate of drug-likeness (QED) is 0.584. The van der Waals surface area contributed by atoms with Crippen LogP contribution in [0.25, 0.3) is 0 Å². The van der Waals surface area contributed by atoms with Crippen molar-refractivity contribution < 1.29 is 8.78 Å². The molecule has 0 atom stereocenters. The summed E-state index contributed by atoms with van der Waals surface area (Å²) in [5.74, 6) is 4.68. The number of nitrogen functional groups attached to an aromatic ring is 1. The zero-order valence-electron chi connectivity index (χ0n) is 10.2. The standard InChI is InChI=1S/C12H13F2N5/c1-2-9-17-10(6-11(18-9)19-15)16-8-5-3-4-7(13)12(8)14/h3-6H,2,15H2,1H3,(H2,16,17,18,19). The van der Waals surface area contributed by atoms with Crippen LogP contribution < -0.4 is 16.6 Å². The van der Waals surface area contributed by atoms with Gasteiger partial charge in [0.05, 0.1) is 5.69 Å². The molecule has 19 heavy (non-hydrogen) atoms. The summed E-state index contributed by atoms with van der Waals surface area (Å²) in [5.41, 5.74) is 2.40. The number of anilines is 3. The van der Waals surface area contributed by atoms with Crippen molar-refractivity contribution in [1.29, 1.82) is 0 Å². The predicted octanol–water partition coefficient (Wildman–Crippen LogP) is 2.35. The number of hydrazine groups is 1. The summed E-state index contributed by atoms with van der Waals surface area (Å²) in [6, 6.07) is 5.38. The molecule has 7 heteroatoms. The van der Waals surface area contributed by atoms with E-state index in [0.29, 0.717) is 23.9 Å². The minimum absolute atomic E-state index is 0.00345. The second-order valence-electron chi connectivity index (χ2n) is 3.78. The normalized spacial score (nSPS) is 10.3. The first-order valence-electron chi connectivity index (χ1n) is 5.69.